The third kappa shape index (κ3) is 5.57. The first-order chi connectivity index (χ1) is 13.6. The van der Waals surface area contributed by atoms with E-state index in [9.17, 15) is 13.6 Å². The number of nitrogens with one attached hydrogen (secondary N) is 2. The van der Waals surface area contributed by atoms with Gasteiger partial charge in [0.25, 0.3) is 5.91 Å². The van der Waals surface area contributed by atoms with Crippen LogP contribution < -0.4 is 10.6 Å². The maximum atomic E-state index is 13.6. The maximum Gasteiger partial charge on any atom is 0.271 e. The number of carbonyl (C=O) groups is 1. The van der Waals surface area contributed by atoms with Gasteiger partial charge in [0.15, 0.2) is 0 Å². The molecular weight excluding hydrogens is 362 g/mol. The van der Waals surface area contributed by atoms with Crippen molar-refractivity contribution < 1.29 is 13.6 Å². The Balaban J connectivity index is 1.43. The first-order valence-electron chi connectivity index (χ1n) is 8.94. The normalized spacial score (nSPS) is 10.5. The van der Waals surface area contributed by atoms with Crippen molar-refractivity contribution in [3.63, 3.8) is 0 Å². The van der Waals surface area contributed by atoms with E-state index in [1.165, 1.54) is 30.6 Å². The van der Waals surface area contributed by atoms with Crippen molar-refractivity contribution in [1.29, 1.82) is 0 Å². The summed E-state index contributed by atoms with van der Waals surface area (Å²) in [5.74, 6) is -0.357. The van der Waals surface area contributed by atoms with Crippen molar-refractivity contribution in [3.8, 4) is 0 Å². The second-order valence-corrected chi connectivity index (χ2v) is 6.19. The van der Waals surface area contributed by atoms with Gasteiger partial charge in [0.2, 0.25) is 0 Å². The fraction of sp³-hybridized carbons (Fsp3) is 0.190. The maximum absolute atomic E-state index is 13.6. The quantitative estimate of drug-likeness (QED) is 0.627. The van der Waals surface area contributed by atoms with E-state index < -0.39 is 0 Å². The minimum absolute atomic E-state index is 0.192. The van der Waals surface area contributed by atoms with Gasteiger partial charge in [-0.25, -0.2) is 18.7 Å². The number of hydrogen-bond acceptors (Lipinski definition) is 4. The summed E-state index contributed by atoms with van der Waals surface area (Å²) in [6.45, 7) is 0.910. The van der Waals surface area contributed by atoms with Gasteiger partial charge >= 0.3 is 0 Å². The Morgan fingerprint density at radius 3 is 2.39 bits per heavy atom. The van der Waals surface area contributed by atoms with Crippen molar-refractivity contribution >= 4 is 11.7 Å². The Morgan fingerprint density at radius 2 is 1.68 bits per heavy atom. The minimum atomic E-state index is -0.360. The van der Waals surface area contributed by atoms with E-state index in [0.29, 0.717) is 37.3 Å². The van der Waals surface area contributed by atoms with E-state index in [2.05, 4.69) is 20.6 Å². The zero-order chi connectivity index (χ0) is 19.8. The predicted molar refractivity (Wildman–Crippen MR) is 103 cm³/mol. The Kier molecular flexibility index (Phi) is 6.62. The molecule has 0 bridgehead atoms. The molecule has 144 valence electrons. The van der Waals surface area contributed by atoms with Crippen LogP contribution in [0.25, 0.3) is 0 Å². The average molecular weight is 382 g/mol. The Labute approximate surface area is 161 Å². The van der Waals surface area contributed by atoms with E-state index in [1.54, 1.807) is 30.3 Å². The van der Waals surface area contributed by atoms with Crippen molar-refractivity contribution in [2.45, 2.75) is 12.8 Å². The first-order valence-corrected chi connectivity index (χ1v) is 8.94. The molecule has 0 saturated heterocycles. The molecule has 0 fully saturated rings. The summed E-state index contributed by atoms with van der Waals surface area (Å²) < 4.78 is 26.4. The Morgan fingerprint density at radius 1 is 0.893 bits per heavy atom. The molecular formula is C21H20F2N4O. The van der Waals surface area contributed by atoms with Crippen LogP contribution in [-0.2, 0) is 12.8 Å². The highest BCUT2D eigenvalue weighted by Gasteiger charge is 2.08. The van der Waals surface area contributed by atoms with Gasteiger partial charge in [-0.2, -0.15) is 0 Å². The lowest BCUT2D eigenvalue weighted by Gasteiger charge is -2.07. The molecule has 5 nitrogen and oxygen atoms in total. The Bertz CT molecular complexity index is 914. The van der Waals surface area contributed by atoms with Crippen LogP contribution in [0, 0.1) is 11.6 Å². The molecule has 3 aromatic rings. The number of rotatable bonds is 8. The molecule has 1 aromatic heterocycles. The molecule has 1 heterocycles. The summed E-state index contributed by atoms with van der Waals surface area (Å²) in [6.07, 6.45) is 3.98. The molecule has 0 radical (unpaired) electrons. The number of nitrogens with zero attached hydrogens (tertiary/aromatic N) is 2. The summed E-state index contributed by atoms with van der Waals surface area (Å²) in [5, 5.41) is 5.81. The topological polar surface area (TPSA) is 66.9 Å². The Hall–Kier alpha value is -3.35. The van der Waals surface area contributed by atoms with E-state index in [-0.39, 0.29) is 23.2 Å². The van der Waals surface area contributed by atoms with Crippen molar-refractivity contribution in [1.82, 2.24) is 15.3 Å². The van der Waals surface area contributed by atoms with Gasteiger partial charge in [-0.05, 0) is 42.2 Å². The summed E-state index contributed by atoms with van der Waals surface area (Å²) >= 11 is 0. The van der Waals surface area contributed by atoms with E-state index in [0.717, 1.165) is 5.56 Å². The van der Waals surface area contributed by atoms with Gasteiger partial charge in [0.05, 0.1) is 12.4 Å². The second-order valence-electron chi connectivity index (χ2n) is 6.19. The van der Waals surface area contributed by atoms with Gasteiger partial charge in [0.1, 0.15) is 23.1 Å². The molecule has 3 rings (SSSR count). The summed E-state index contributed by atoms with van der Waals surface area (Å²) in [5.41, 5.74) is 1.75. The van der Waals surface area contributed by atoms with Crippen molar-refractivity contribution in [3.05, 3.63) is 89.4 Å². The van der Waals surface area contributed by atoms with Crippen LogP contribution in [0.1, 0.15) is 21.6 Å². The summed E-state index contributed by atoms with van der Waals surface area (Å²) in [4.78, 5) is 20.4. The molecule has 0 aliphatic carbocycles. The number of amides is 1. The number of carbonyl (C=O) groups excluding carboxylic acids is 1. The van der Waals surface area contributed by atoms with Crippen LogP contribution in [0.3, 0.4) is 0 Å². The fourth-order valence-electron chi connectivity index (χ4n) is 2.62. The molecule has 28 heavy (non-hydrogen) atoms. The van der Waals surface area contributed by atoms with Crippen LogP contribution in [0.15, 0.2) is 60.9 Å². The molecule has 2 N–H and O–H groups in total. The first kappa shape index (κ1) is 19.4. The highest BCUT2D eigenvalue weighted by atomic mass is 19.1. The van der Waals surface area contributed by atoms with Crippen LogP contribution in [0.2, 0.25) is 0 Å². The van der Waals surface area contributed by atoms with Gasteiger partial charge < -0.3 is 10.6 Å². The zero-order valence-electron chi connectivity index (χ0n) is 15.2. The number of hydrogen-bond donors (Lipinski definition) is 2. The zero-order valence-corrected chi connectivity index (χ0v) is 15.2. The number of anilines is 1. The molecule has 0 aliphatic heterocycles. The molecule has 0 spiro atoms. The molecule has 1 amide bonds. The van der Waals surface area contributed by atoms with E-state index >= 15 is 0 Å². The molecule has 0 aliphatic rings. The largest absolute Gasteiger partial charge is 0.368 e. The molecule has 7 heteroatoms. The van der Waals surface area contributed by atoms with Crippen LogP contribution in [0.4, 0.5) is 14.6 Å². The monoisotopic (exact) mass is 382 g/mol. The molecule has 0 atom stereocenters. The van der Waals surface area contributed by atoms with Crippen LogP contribution in [0.5, 0.6) is 0 Å². The highest BCUT2D eigenvalue weighted by molar-refractivity contribution is 5.91. The SMILES string of the molecule is O=C(NCCc1ccccc1F)c1cnc(NCCc2ccc(F)cc2)cn1. The molecule has 0 saturated carbocycles. The lowest BCUT2D eigenvalue weighted by atomic mass is 10.1. The standard InChI is InChI=1S/C21H20F2N4O/c22-17-7-5-15(6-8-17)9-11-24-20-14-26-19(13-27-20)21(28)25-12-10-16-3-1-2-4-18(16)23/h1-8,13-14H,9-12H2,(H,24,27)(H,25,28). The smallest absolute Gasteiger partial charge is 0.271 e. The second kappa shape index (κ2) is 9.55. The van der Waals surface area contributed by atoms with Gasteiger partial charge in [0, 0.05) is 13.1 Å². The van der Waals surface area contributed by atoms with Gasteiger partial charge in [-0.3, -0.25) is 4.79 Å². The van der Waals surface area contributed by atoms with Crippen molar-refractivity contribution in [2.75, 3.05) is 18.4 Å². The molecule has 2 aromatic carbocycles. The minimum Gasteiger partial charge on any atom is -0.368 e. The van der Waals surface area contributed by atoms with Gasteiger partial charge in [-0.1, -0.05) is 30.3 Å². The third-order valence-corrected chi connectivity index (χ3v) is 4.16. The predicted octanol–water partition coefficient (Wildman–Crippen LogP) is 3.38. The highest BCUT2D eigenvalue weighted by Crippen LogP contribution is 2.07. The van der Waals surface area contributed by atoms with Gasteiger partial charge in [-0.15, -0.1) is 0 Å². The lowest BCUT2D eigenvalue weighted by molar-refractivity contribution is 0.0948. The number of halogens is 2. The fourth-order valence-corrected chi connectivity index (χ4v) is 2.62. The third-order valence-electron chi connectivity index (χ3n) is 4.16. The number of benzene rings is 2. The van der Waals surface area contributed by atoms with Crippen molar-refractivity contribution in [2.24, 2.45) is 0 Å². The summed E-state index contributed by atoms with van der Waals surface area (Å²) in [6, 6.07) is 12.8. The van der Waals surface area contributed by atoms with Crippen LogP contribution >= 0.6 is 0 Å². The number of aromatic nitrogens is 2. The average Bonchev–Trinajstić information content (AvgIpc) is 2.71. The summed E-state index contributed by atoms with van der Waals surface area (Å²) in [7, 11) is 0. The molecule has 0 unspecified atom stereocenters. The van der Waals surface area contributed by atoms with Crippen LogP contribution in [-0.4, -0.2) is 29.0 Å². The van der Waals surface area contributed by atoms with E-state index in [4.69, 9.17) is 0 Å². The lowest BCUT2D eigenvalue weighted by Crippen LogP contribution is -2.27. The van der Waals surface area contributed by atoms with E-state index in [1.807, 2.05) is 0 Å².